The number of hydrogen-bond donors (Lipinski definition) is 1. The van der Waals surface area contributed by atoms with E-state index in [0.29, 0.717) is 13.1 Å². The molecule has 1 aromatic heterocycles. The van der Waals surface area contributed by atoms with Crippen molar-refractivity contribution in [2.75, 3.05) is 13.1 Å². The molecule has 1 saturated heterocycles. The molecule has 0 aliphatic carbocycles. The number of aromatic nitrogens is 3. The van der Waals surface area contributed by atoms with E-state index in [1.54, 1.807) is 9.58 Å². The summed E-state index contributed by atoms with van der Waals surface area (Å²) < 4.78 is 1.57. The molecule has 18 heavy (non-hydrogen) atoms. The normalized spacial score (nSPS) is 16.6. The lowest BCUT2D eigenvalue weighted by atomic mass is 10.1. The molecule has 0 unspecified atom stereocenters. The zero-order valence-corrected chi connectivity index (χ0v) is 9.82. The van der Waals surface area contributed by atoms with Gasteiger partial charge in [-0.1, -0.05) is 11.8 Å². The highest BCUT2D eigenvalue weighted by Gasteiger charge is 2.24. The van der Waals surface area contributed by atoms with Gasteiger partial charge in [0.2, 0.25) is 5.91 Å². The molecule has 0 spiro atoms. The fraction of sp³-hybridized carbons (Fsp3) is 0.455. The topological polar surface area (TPSA) is 88.3 Å². The van der Waals surface area contributed by atoms with Gasteiger partial charge < -0.3 is 10.0 Å². The van der Waals surface area contributed by atoms with Crippen molar-refractivity contribution >= 4 is 11.9 Å². The van der Waals surface area contributed by atoms with E-state index in [2.05, 4.69) is 16.9 Å². The van der Waals surface area contributed by atoms with Crippen molar-refractivity contribution in [2.45, 2.75) is 18.9 Å². The summed E-state index contributed by atoms with van der Waals surface area (Å²) in [5.41, 5.74) is -0.0559. The lowest BCUT2D eigenvalue weighted by Gasteiger charge is -2.31. The molecule has 1 aliphatic rings. The fourth-order valence-electron chi connectivity index (χ4n) is 2.03. The lowest BCUT2D eigenvalue weighted by Crippen LogP contribution is -2.38. The van der Waals surface area contributed by atoms with Crippen LogP contribution in [0.5, 0.6) is 0 Å². The third kappa shape index (κ3) is 2.39. The van der Waals surface area contributed by atoms with Crippen LogP contribution in [0.4, 0.5) is 0 Å². The van der Waals surface area contributed by atoms with Crippen molar-refractivity contribution < 1.29 is 14.7 Å². The molecular weight excluding hydrogens is 236 g/mol. The van der Waals surface area contributed by atoms with Crippen LogP contribution in [-0.4, -0.2) is 50.0 Å². The summed E-state index contributed by atoms with van der Waals surface area (Å²) in [6, 6.07) is 0.0967. The summed E-state index contributed by atoms with van der Waals surface area (Å²) in [5, 5.41) is 16.2. The SMILES string of the molecule is C=CC(=O)N1CCC(n2cc(C(=O)O)nn2)CC1. The number of nitrogens with zero attached hydrogens (tertiary/aromatic N) is 4. The highest BCUT2D eigenvalue weighted by Crippen LogP contribution is 2.21. The smallest absolute Gasteiger partial charge is 0.358 e. The summed E-state index contributed by atoms with van der Waals surface area (Å²) >= 11 is 0. The number of hydrogen-bond acceptors (Lipinski definition) is 4. The maximum absolute atomic E-state index is 11.4. The van der Waals surface area contributed by atoms with Gasteiger partial charge in [-0.3, -0.25) is 4.79 Å². The predicted octanol–water partition coefficient (Wildman–Crippen LogP) is 0.326. The molecule has 0 radical (unpaired) electrons. The molecule has 1 aliphatic heterocycles. The predicted molar refractivity (Wildman–Crippen MR) is 62.0 cm³/mol. The highest BCUT2D eigenvalue weighted by atomic mass is 16.4. The Hall–Kier alpha value is -2.18. The van der Waals surface area contributed by atoms with Crippen LogP contribution in [0.3, 0.4) is 0 Å². The zero-order valence-electron chi connectivity index (χ0n) is 9.82. The Morgan fingerprint density at radius 1 is 1.44 bits per heavy atom. The van der Waals surface area contributed by atoms with Crippen LogP contribution in [0.25, 0.3) is 0 Å². The molecule has 1 amide bonds. The molecular formula is C11H14N4O3. The summed E-state index contributed by atoms with van der Waals surface area (Å²) in [5.74, 6) is -1.15. The number of rotatable bonds is 3. The van der Waals surface area contributed by atoms with Crippen LogP contribution in [-0.2, 0) is 4.79 Å². The van der Waals surface area contributed by atoms with E-state index in [-0.39, 0.29) is 17.6 Å². The fourth-order valence-corrected chi connectivity index (χ4v) is 2.03. The van der Waals surface area contributed by atoms with Crippen molar-refractivity contribution in [3.05, 3.63) is 24.5 Å². The van der Waals surface area contributed by atoms with E-state index in [4.69, 9.17) is 5.11 Å². The Morgan fingerprint density at radius 3 is 2.61 bits per heavy atom. The van der Waals surface area contributed by atoms with Gasteiger partial charge in [-0.25, -0.2) is 9.48 Å². The molecule has 0 atom stereocenters. The van der Waals surface area contributed by atoms with E-state index in [1.807, 2.05) is 0 Å². The summed E-state index contributed by atoms with van der Waals surface area (Å²) in [7, 11) is 0. The van der Waals surface area contributed by atoms with E-state index < -0.39 is 5.97 Å². The molecule has 1 aromatic rings. The molecule has 0 aromatic carbocycles. The van der Waals surface area contributed by atoms with Crippen LogP contribution in [0, 0.1) is 0 Å². The van der Waals surface area contributed by atoms with Gasteiger partial charge in [0.05, 0.1) is 12.2 Å². The maximum Gasteiger partial charge on any atom is 0.358 e. The Bertz CT molecular complexity index is 474. The number of carboxylic acids is 1. The van der Waals surface area contributed by atoms with Crippen LogP contribution in [0.1, 0.15) is 29.4 Å². The van der Waals surface area contributed by atoms with Gasteiger partial charge >= 0.3 is 5.97 Å². The van der Waals surface area contributed by atoms with E-state index >= 15 is 0 Å². The number of aromatic carboxylic acids is 1. The van der Waals surface area contributed by atoms with Gasteiger partial charge in [0.15, 0.2) is 5.69 Å². The van der Waals surface area contributed by atoms with Crippen LogP contribution in [0.2, 0.25) is 0 Å². The van der Waals surface area contributed by atoms with Crippen LogP contribution < -0.4 is 0 Å². The molecule has 7 heteroatoms. The Kier molecular flexibility index (Phi) is 3.40. The first-order valence-electron chi connectivity index (χ1n) is 5.68. The molecule has 1 N–H and O–H groups in total. The first-order valence-corrected chi connectivity index (χ1v) is 5.68. The number of carbonyl (C=O) groups is 2. The third-order valence-electron chi connectivity index (χ3n) is 3.05. The van der Waals surface area contributed by atoms with Gasteiger partial charge in [0.1, 0.15) is 0 Å². The molecule has 0 bridgehead atoms. The van der Waals surface area contributed by atoms with Crippen molar-refractivity contribution in [3.63, 3.8) is 0 Å². The van der Waals surface area contributed by atoms with Crippen molar-refractivity contribution in [1.29, 1.82) is 0 Å². The first-order chi connectivity index (χ1) is 8.61. The average Bonchev–Trinajstić information content (AvgIpc) is 2.88. The van der Waals surface area contributed by atoms with Gasteiger partial charge in [0.25, 0.3) is 0 Å². The van der Waals surface area contributed by atoms with Gasteiger partial charge in [-0.05, 0) is 18.9 Å². The second-order valence-electron chi connectivity index (χ2n) is 4.15. The molecule has 2 rings (SSSR count). The van der Waals surface area contributed by atoms with E-state index in [1.165, 1.54) is 12.3 Å². The minimum Gasteiger partial charge on any atom is -0.476 e. The van der Waals surface area contributed by atoms with Gasteiger partial charge in [-0.15, -0.1) is 5.10 Å². The minimum atomic E-state index is -1.08. The average molecular weight is 250 g/mol. The van der Waals surface area contributed by atoms with Crippen LogP contribution >= 0.6 is 0 Å². The number of carboxylic acid groups (broad SMARTS) is 1. The molecule has 96 valence electrons. The largest absolute Gasteiger partial charge is 0.476 e. The minimum absolute atomic E-state index is 0.0559. The Morgan fingerprint density at radius 2 is 2.11 bits per heavy atom. The third-order valence-corrected chi connectivity index (χ3v) is 3.05. The monoisotopic (exact) mass is 250 g/mol. The first kappa shape index (κ1) is 12.3. The summed E-state index contributed by atoms with van der Waals surface area (Å²) in [4.78, 5) is 23.8. The van der Waals surface area contributed by atoms with Crippen molar-refractivity contribution in [3.8, 4) is 0 Å². The molecule has 0 saturated carbocycles. The number of amides is 1. The zero-order chi connectivity index (χ0) is 13.1. The standard InChI is InChI=1S/C11H14N4O3/c1-2-10(16)14-5-3-8(4-6-14)15-7-9(11(17)18)12-13-15/h2,7-8H,1,3-6H2,(H,17,18). The van der Waals surface area contributed by atoms with Gasteiger partial charge in [-0.2, -0.15) is 0 Å². The molecule has 2 heterocycles. The maximum atomic E-state index is 11.4. The summed E-state index contributed by atoms with van der Waals surface area (Å²) in [6.07, 6.45) is 4.21. The van der Waals surface area contributed by atoms with E-state index in [0.717, 1.165) is 12.8 Å². The van der Waals surface area contributed by atoms with E-state index in [9.17, 15) is 9.59 Å². The second kappa shape index (κ2) is 4.99. The highest BCUT2D eigenvalue weighted by molar-refractivity contribution is 5.87. The molecule has 1 fully saturated rings. The molecule has 7 nitrogen and oxygen atoms in total. The van der Waals surface area contributed by atoms with Crippen molar-refractivity contribution in [1.82, 2.24) is 19.9 Å². The number of carbonyl (C=O) groups excluding carboxylic acids is 1. The Balaban J connectivity index is 1.98. The lowest BCUT2D eigenvalue weighted by molar-refractivity contribution is -0.127. The van der Waals surface area contributed by atoms with Gasteiger partial charge in [0, 0.05) is 13.1 Å². The summed E-state index contributed by atoms with van der Waals surface area (Å²) in [6.45, 7) is 4.70. The van der Waals surface area contributed by atoms with Crippen molar-refractivity contribution in [2.24, 2.45) is 0 Å². The quantitative estimate of drug-likeness (QED) is 0.781. The number of piperidine rings is 1. The Labute approximate surface area is 104 Å². The second-order valence-corrected chi connectivity index (χ2v) is 4.15. The van der Waals surface area contributed by atoms with Crippen LogP contribution in [0.15, 0.2) is 18.9 Å². The number of likely N-dealkylation sites (tertiary alicyclic amines) is 1.